The molecule has 0 saturated carbocycles. The van der Waals surface area contributed by atoms with Gasteiger partial charge in [0.1, 0.15) is 5.56 Å². The molecular weight excluding hydrogens is 357 g/mol. The topological polar surface area (TPSA) is 98.5 Å². The molecule has 0 heterocycles. The highest BCUT2D eigenvalue weighted by molar-refractivity contribution is 5.98. The molecule has 0 fully saturated rings. The van der Waals surface area contributed by atoms with E-state index in [2.05, 4.69) is 0 Å². The molecule has 2 aromatic rings. The van der Waals surface area contributed by atoms with Crippen molar-refractivity contribution in [1.29, 1.82) is 0 Å². The Morgan fingerprint density at radius 3 is 2.42 bits per heavy atom. The third-order valence-corrected chi connectivity index (χ3v) is 3.27. The minimum Gasteiger partial charge on any atom is -0.449 e. The molecule has 0 aliphatic heterocycles. The smallest absolute Gasteiger partial charge is 0.345 e. The first kappa shape index (κ1) is 18.9. The number of ether oxygens (including phenoxy) is 1. The Hall–Kier alpha value is -3.43. The van der Waals surface area contributed by atoms with Crippen LogP contribution in [0.2, 0.25) is 0 Å². The third-order valence-electron chi connectivity index (χ3n) is 3.27. The maximum Gasteiger partial charge on any atom is 0.345 e. The summed E-state index contributed by atoms with van der Waals surface area (Å²) in [5.41, 5.74) is -1.55. The van der Waals surface area contributed by atoms with E-state index in [0.717, 1.165) is 25.1 Å². The maximum absolute atomic E-state index is 13.5. The summed E-state index contributed by atoms with van der Waals surface area (Å²) in [5, 5.41) is 12.8. The summed E-state index contributed by atoms with van der Waals surface area (Å²) < 4.78 is 44.4. The highest BCUT2D eigenvalue weighted by Crippen LogP contribution is 2.21. The minimum absolute atomic E-state index is 0.379. The van der Waals surface area contributed by atoms with Crippen LogP contribution in [0.4, 0.5) is 24.5 Å². The molecule has 0 aromatic heterocycles. The van der Waals surface area contributed by atoms with E-state index in [1.807, 2.05) is 5.32 Å². The highest BCUT2D eigenvalue weighted by atomic mass is 19.2. The van der Waals surface area contributed by atoms with E-state index < -0.39 is 51.7 Å². The molecule has 1 amide bonds. The van der Waals surface area contributed by atoms with Crippen molar-refractivity contribution < 1.29 is 32.4 Å². The number of esters is 1. The summed E-state index contributed by atoms with van der Waals surface area (Å²) in [4.78, 5) is 34.1. The van der Waals surface area contributed by atoms with E-state index >= 15 is 0 Å². The van der Waals surface area contributed by atoms with E-state index in [9.17, 15) is 32.9 Å². The maximum atomic E-state index is 13.5. The number of anilines is 1. The Kier molecular flexibility index (Phi) is 5.55. The zero-order chi connectivity index (χ0) is 19.4. The first-order valence-electron chi connectivity index (χ1n) is 7.11. The highest BCUT2D eigenvalue weighted by Gasteiger charge is 2.26. The molecule has 2 aromatic carbocycles. The molecule has 7 nitrogen and oxygen atoms in total. The second-order valence-electron chi connectivity index (χ2n) is 5.03. The second-order valence-corrected chi connectivity index (χ2v) is 5.03. The molecule has 1 atom stereocenters. The van der Waals surface area contributed by atoms with E-state index in [-0.39, 0.29) is 5.56 Å². The van der Waals surface area contributed by atoms with Crippen molar-refractivity contribution >= 4 is 23.3 Å². The van der Waals surface area contributed by atoms with Crippen molar-refractivity contribution in [3.8, 4) is 0 Å². The fraction of sp³-hybridized carbons (Fsp3) is 0.125. The van der Waals surface area contributed by atoms with Crippen molar-refractivity contribution in [1.82, 2.24) is 0 Å². The Morgan fingerprint density at radius 2 is 1.77 bits per heavy atom. The molecule has 2 rings (SSSR count). The molecule has 10 heteroatoms. The lowest BCUT2D eigenvalue weighted by Gasteiger charge is -2.14. The van der Waals surface area contributed by atoms with Gasteiger partial charge < -0.3 is 10.1 Å². The van der Waals surface area contributed by atoms with Crippen LogP contribution >= 0.6 is 0 Å². The van der Waals surface area contributed by atoms with Gasteiger partial charge in [-0.2, -0.15) is 0 Å². The van der Waals surface area contributed by atoms with Gasteiger partial charge in [-0.05, 0) is 25.1 Å². The van der Waals surface area contributed by atoms with Crippen LogP contribution in [0.3, 0.4) is 0 Å². The van der Waals surface area contributed by atoms with E-state index in [0.29, 0.717) is 6.07 Å². The van der Waals surface area contributed by atoms with Crippen LogP contribution in [-0.2, 0) is 9.53 Å². The molecule has 0 radical (unpaired) electrons. The third kappa shape index (κ3) is 3.97. The van der Waals surface area contributed by atoms with Crippen molar-refractivity contribution in [3.63, 3.8) is 0 Å². The van der Waals surface area contributed by atoms with Crippen LogP contribution in [0.15, 0.2) is 36.4 Å². The lowest BCUT2D eigenvalue weighted by atomic mass is 10.2. The number of hydrogen-bond acceptors (Lipinski definition) is 5. The molecule has 0 spiro atoms. The van der Waals surface area contributed by atoms with Gasteiger partial charge in [0.2, 0.25) is 0 Å². The van der Waals surface area contributed by atoms with Crippen LogP contribution in [-0.4, -0.2) is 22.9 Å². The monoisotopic (exact) mass is 368 g/mol. The molecular formula is C16H11F3N2O5. The fourth-order valence-corrected chi connectivity index (χ4v) is 1.94. The SMILES string of the molecule is CC(OC(=O)c1ccccc1[N+](=O)[O-])C(=O)Nc1ccc(F)c(F)c1F. The Bertz CT molecular complexity index is 888. The van der Waals surface area contributed by atoms with Crippen molar-refractivity contribution in [2.75, 3.05) is 5.32 Å². The first-order chi connectivity index (χ1) is 12.2. The quantitative estimate of drug-likeness (QED) is 0.378. The molecule has 0 saturated heterocycles. The van der Waals surface area contributed by atoms with Crippen LogP contribution < -0.4 is 5.32 Å². The number of nitrogens with zero attached hydrogens (tertiary/aromatic N) is 1. The number of hydrogen-bond donors (Lipinski definition) is 1. The number of rotatable bonds is 5. The van der Waals surface area contributed by atoms with Gasteiger partial charge in [0.25, 0.3) is 11.6 Å². The zero-order valence-corrected chi connectivity index (χ0v) is 13.2. The van der Waals surface area contributed by atoms with Crippen LogP contribution in [0, 0.1) is 27.6 Å². The van der Waals surface area contributed by atoms with Gasteiger partial charge in [-0.3, -0.25) is 14.9 Å². The lowest BCUT2D eigenvalue weighted by molar-refractivity contribution is -0.385. The predicted octanol–water partition coefficient (Wildman–Crippen LogP) is 3.20. The number of halogens is 3. The number of benzene rings is 2. The van der Waals surface area contributed by atoms with E-state index in [4.69, 9.17) is 4.74 Å². The number of carbonyl (C=O) groups is 2. The first-order valence-corrected chi connectivity index (χ1v) is 7.11. The summed E-state index contributed by atoms with van der Waals surface area (Å²) in [5.74, 6) is -7.01. The largest absolute Gasteiger partial charge is 0.449 e. The summed E-state index contributed by atoms with van der Waals surface area (Å²) in [6, 6.07) is 6.33. The number of carbonyl (C=O) groups excluding carboxylic acids is 2. The predicted molar refractivity (Wildman–Crippen MR) is 82.9 cm³/mol. The molecule has 0 bridgehead atoms. The number of nitrogens with one attached hydrogen (secondary N) is 1. The van der Waals surface area contributed by atoms with Gasteiger partial charge in [-0.25, -0.2) is 18.0 Å². The van der Waals surface area contributed by atoms with Crippen LogP contribution in [0.25, 0.3) is 0 Å². The van der Waals surface area contributed by atoms with E-state index in [1.54, 1.807) is 0 Å². The van der Waals surface area contributed by atoms with Crippen LogP contribution in [0.1, 0.15) is 17.3 Å². The number of para-hydroxylation sites is 1. The second kappa shape index (κ2) is 7.64. The van der Waals surface area contributed by atoms with Gasteiger partial charge in [0.05, 0.1) is 10.6 Å². The number of nitro benzene ring substituents is 1. The summed E-state index contributed by atoms with van der Waals surface area (Å²) in [7, 11) is 0. The van der Waals surface area contributed by atoms with Gasteiger partial charge >= 0.3 is 5.97 Å². The van der Waals surface area contributed by atoms with Crippen molar-refractivity contribution in [3.05, 3.63) is 69.5 Å². The molecule has 26 heavy (non-hydrogen) atoms. The standard InChI is InChI=1S/C16H11F3N2O5/c1-8(15(22)20-11-7-6-10(17)13(18)14(11)19)26-16(23)9-4-2-3-5-12(9)21(24)25/h2-8H,1H3,(H,20,22). The van der Waals surface area contributed by atoms with Crippen LogP contribution in [0.5, 0.6) is 0 Å². The summed E-state index contributed by atoms with van der Waals surface area (Å²) >= 11 is 0. The molecule has 1 N–H and O–H groups in total. The molecule has 0 aliphatic rings. The Morgan fingerprint density at radius 1 is 1.12 bits per heavy atom. The number of nitro groups is 1. The van der Waals surface area contributed by atoms with Gasteiger partial charge in [0, 0.05) is 6.07 Å². The summed E-state index contributed by atoms with van der Waals surface area (Å²) in [6.45, 7) is 1.12. The average molecular weight is 368 g/mol. The lowest BCUT2D eigenvalue weighted by Crippen LogP contribution is -2.30. The molecule has 136 valence electrons. The normalized spacial score (nSPS) is 11.5. The number of amides is 1. The minimum atomic E-state index is -1.77. The summed E-state index contributed by atoms with van der Waals surface area (Å²) in [6.07, 6.45) is -1.49. The van der Waals surface area contributed by atoms with Crippen molar-refractivity contribution in [2.24, 2.45) is 0 Å². The molecule has 0 aliphatic carbocycles. The molecule has 1 unspecified atom stereocenters. The zero-order valence-electron chi connectivity index (χ0n) is 13.2. The van der Waals surface area contributed by atoms with Crippen molar-refractivity contribution in [2.45, 2.75) is 13.0 Å². The Labute approximate surface area is 144 Å². The van der Waals surface area contributed by atoms with Gasteiger partial charge in [0.15, 0.2) is 23.6 Å². The Balaban J connectivity index is 2.11. The fourth-order valence-electron chi connectivity index (χ4n) is 1.94. The average Bonchev–Trinajstić information content (AvgIpc) is 2.61. The van der Waals surface area contributed by atoms with Gasteiger partial charge in [-0.1, -0.05) is 12.1 Å². The van der Waals surface area contributed by atoms with Gasteiger partial charge in [-0.15, -0.1) is 0 Å². The van der Waals surface area contributed by atoms with E-state index in [1.165, 1.54) is 12.1 Å².